The molecule has 20 heavy (non-hydrogen) atoms. The molecule has 1 aromatic carbocycles. The summed E-state index contributed by atoms with van der Waals surface area (Å²) in [4.78, 5) is 16.8. The normalized spacial score (nSPS) is 11.8. The minimum Gasteiger partial charge on any atom is -0.355 e. The zero-order valence-electron chi connectivity index (χ0n) is 11.8. The fraction of sp³-hybridized carbons (Fsp3) is 0.294. The van der Waals surface area contributed by atoms with Crippen molar-refractivity contribution in [2.75, 3.05) is 6.54 Å². The van der Waals surface area contributed by atoms with Gasteiger partial charge in [-0.15, -0.1) is 0 Å². The lowest BCUT2D eigenvalue weighted by atomic mass is 9.94. The van der Waals surface area contributed by atoms with E-state index in [0.29, 0.717) is 6.54 Å². The van der Waals surface area contributed by atoms with Crippen LogP contribution in [0, 0.1) is 0 Å². The number of hydrogen-bond donors (Lipinski definition) is 1. The van der Waals surface area contributed by atoms with E-state index in [0.717, 1.165) is 24.1 Å². The lowest BCUT2D eigenvalue weighted by molar-refractivity contribution is -0.121. The van der Waals surface area contributed by atoms with Crippen LogP contribution in [0.1, 0.15) is 36.9 Å². The summed E-state index contributed by atoms with van der Waals surface area (Å²) in [7, 11) is 0. The van der Waals surface area contributed by atoms with Crippen molar-refractivity contribution in [3.8, 4) is 0 Å². The zero-order valence-corrected chi connectivity index (χ0v) is 11.8. The number of rotatable bonds is 6. The van der Waals surface area contributed by atoms with Gasteiger partial charge in [0.25, 0.3) is 0 Å². The van der Waals surface area contributed by atoms with Crippen LogP contribution in [-0.4, -0.2) is 17.4 Å². The molecule has 1 N–H and O–H groups in total. The molecule has 2 rings (SSSR count). The van der Waals surface area contributed by atoms with Gasteiger partial charge < -0.3 is 5.32 Å². The van der Waals surface area contributed by atoms with Crippen molar-refractivity contribution in [3.05, 3.63) is 66.0 Å². The van der Waals surface area contributed by atoms with Crippen molar-refractivity contribution in [2.45, 2.75) is 25.7 Å². The number of nitrogens with one attached hydrogen (secondary N) is 1. The van der Waals surface area contributed by atoms with Gasteiger partial charge in [0.2, 0.25) is 5.91 Å². The molecule has 0 bridgehead atoms. The van der Waals surface area contributed by atoms with Crippen molar-refractivity contribution < 1.29 is 4.79 Å². The molecule has 0 aliphatic heterocycles. The van der Waals surface area contributed by atoms with Gasteiger partial charge in [0.1, 0.15) is 5.92 Å². The van der Waals surface area contributed by atoms with E-state index in [1.807, 2.05) is 48.5 Å². The molecule has 1 unspecified atom stereocenters. The minimum atomic E-state index is -0.339. The number of nitrogens with zero attached hydrogens (tertiary/aromatic N) is 1. The average Bonchev–Trinajstić information content (AvgIpc) is 2.50. The number of carbonyl (C=O) groups excluding carboxylic acids is 1. The van der Waals surface area contributed by atoms with E-state index >= 15 is 0 Å². The van der Waals surface area contributed by atoms with E-state index in [9.17, 15) is 4.79 Å². The van der Waals surface area contributed by atoms with E-state index in [-0.39, 0.29) is 11.8 Å². The Bertz CT molecular complexity index is 486. The summed E-state index contributed by atoms with van der Waals surface area (Å²) < 4.78 is 0. The molecule has 0 radical (unpaired) electrons. The van der Waals surface area contributed by atoms with E-state index in [1.54, 1.807) is 6.20 Å². The molecular weight excluding hydrogens is 248 g/mol. The maximum Gasteiger partial charge on any atom is 0.233 e. The van der Waals surface area contributed by atoms with Gasteiger partial charge in [-0.25, -0.2) is 0 Å². The van der Waals surface area contributed by atoms with Gasteiger partial charge in [-0.05, 0) is 24.1 Å². The summed E-state index contributed by atoms with van der Waals surface area (Å²) in [5, 5.41) is 3.00. The second-order valence-corrected chi connectivity index (χ2v) is 4.74. The van der Waals surface area contributed by atoms with Crippen LogP contribution in [0.5, 0.6) is 0 Å². The quantitative estimate of drug-likeness (QED) is 0.818. The number of hydrogen-bond acceptors (Lipinski definition) is 2. The first kappa shape index (κ1) is 14.3. The van der Waals surface area contributed by atoms with Gasteiger partial charge in [-0.3, -0.25) is 9.78 Å². The molecule has 1 heterocycles. The smallest absolute Gasteiger partial charge is 0.233 e. The Balaban J connectivity index is 2.23. The fourth-order valence-corrected chi connectivity index (χ4v) is 2.14. The second kappa shape index (κ2) is 7.43. The van der Waals surface area contributed by atoms with E-state index in [4.69, 9.17) is 0 Å². The highest BCUT2D eigenvalue weighted by molar-refractivity contribution is 5.86. The topological polar surface area (TPSA) is 42.0 Å². The Morgan fingerprint density at radius 2 is 1.90 bits per heavy atom. The SMILES string of the molecule is CCCCNC(=O)C(c1ccccc1)c1ccccn1. The van der Waals surface area contributed by atoms with Gasteiger partial charge in [0.05, 0.1) is 5.69 Å². The summed E-state index contributed by atoms with van der Waals surface area (Å²) in [6, 6.07) is 15.5. The highest BCUT2D eigenvalue weighted by Gasteiger charge is 2.23. The third-order valence-electron chi connectivity index (χ3n) is 3.21. The van der Waals surface area contributed by atoms with E-state index in [1.165, 1.54) is 0 Å². The van der Waals surface area contributed by atoms with Crippen LogP contribution in [0.25, 0.3) is 0 Å². The zero-order chi connectivity index (χ0) is 14.2. The number of pyridine rings is 1. The molecule has 0 saturated carbocycles. The van der Waals surface area contributed by atoms with Gasteiger partial charge in [-0.2, -0.15) is 0 Å². The molecule has 104 valence electrons. The Morgan fingerprint density at radius 3 is 2.55 bits per heavy atom. The molecule has 3 nitrogen and oxygen atoms in total. The molecule has 0 spiro atoms. The third kappa shape index (κ3) is 3.67. The molecule has 2 aromatic rings. The summed E-state index contributed by atoms with van der Waals surface area (Å²) in [5.74, 6) is -0.322. The lowest BCUT2D eigenvalue weighted by Gasteiger charge is -2.16. The monoisotopic (exact) mass is 268 g/mol. The third-order valence-corrected chi connectivity index (χ3v) is 3.21. The van der Waals surface area contributed by atoms with Crippen LogP contribution >= 0.6 is 0 Å². The first-order valence-corrected chi connectivity index (χ1v) is 7.06. The van der Waals surface area contributed by atoms with E-state index in [2.05, 4.69) is 17.2 Å². The largest absolute Gasteiger partial charge is 0.355 e. The van der Waals surface area contributed by atoms with Crippen molar-refractivity contribution in [2.24, 2.45) is 0 Å². The minimum absolute atomic E-state index is 0.0170. The lowest BCUT2D eigenvalue weighted by Crippen LogP contribution is -2.31. The summed E-state index contributed by atoms with van der Waals surface area (Å²) in [6.07, 6.45) is 3.79. The Hall–Kier alpha value is -2.16. The number of aromatic nitrogens is 1. The van der Waals surface area contributed by atoms with Gasteiger partial charge >= 0.3 is 0 Å². The standard InChI is InChI=1S/C17H20N2O/c1-2-3-12-19-17(20)16(14-9-5-4-6-10-14)15-11-7-8-13-18-15/h4-11,13,16H,2-3,12H2,1H3,(H,19,20). The molecule has 0 aliphatic carbocycles. The number of unbranched alkanes of at least 4 members (excludes halogenated alkanes) is 1. The predicted octanol–water partition coefficient (Wildman–Crippen LogP) is 3.13. The molecular formula is C17H20N2O. The summed E-state index contributed by atoms with van der Waals surface area (Å²) in [5.41, 5.74) is 1.76. The van der Waals surface area contributed by atoms with Crippen LogP contribution in [0.4, 0.5) is 0 Å². The van der Waals surface area contributed by atoms with Crippen LogP contribution in [-0.2, 0) is 4.79 Å². The number of carbonyl (C=O) groups is 1. The summed E-state index contributed by atoms with van der Waals surface area (Å²) >= 11 is 0. The molecule has 0 fully saturated rings. The van der Waals surface area contributed by atoms with Crippen molar-refractivity contribution in [1.82, 2.24) is 10.3 Å². The summed E-state index contributed by atoms with van der Waals surface area (Å²) in [6.45, 7) is 2.82. The number of benzene rings is 1. The molecule has 0 aliphatic rings. The first-order chi connectivity index (χ1) is 9.83. The van der Waals surface area contributed by atoms with Gasteiger partial charge in [0.15, 0.2) is 0 Å². The van der Waals surface area contributed by atoms with Crippen LogP contribution < -0.4 is 5.32 Å². The molecule has 1 aromatic heterocycles. The maximum absolute atomic E-state index is 12.5. The van der Waals surface area contributed by atoms with Gasteiger partial charge in [0, 0.05) is 12.7 Å². The molecule has 3 heteroatoms. The predicted molar refractivity (Wildman–Crippen MR) is 80.4 cm³/mol. The molecule has 1 atom stereocenters. The Labute approximate surface area is 120 Å². The highest BCUT2D eigenvalue weighted by atomic mass is 16.1. The maximum atomic E-state index is 12.5. The van der Waals surface area contributed by atoms with Crippen molar-refractivity contribution in [1.29, 1.82) is 0 Å². The fourth-order valence-electron chi connectivity index (χ4n) is 2.14. The van der Waals surface area contributed by atoms with Crippen LogP contribution in [0.3, 0.4) is 0 Å². The highest BCUT2D eigenvalue weighted by Crippen LogP contribution is 2.22. The van der Waals surface area contributed by atoms with Gasteiger partial charge in [-0.1, -0.05) is 49.7 Å². The van der Waals surface area contributed by atoms with Crippen LogP contribution in [0.2, 0.25) is 0 Å². The molecule has 0 saturated heterocycles. The number of amides is 1. The molecule has 1 amide bonds. The Kier molecular flexibility index (Phi) is 5.30. The van der Waals surface area contributed by atoms with E-state index < -0.39 is 0 Å². The Morgan fingerprint density at radius 1 is 1.15 bits per heavy atom. The van der Waals surface area contributed by atoms with Crippen LogP contribution in [0.15, 0.2) is 54.7 Å². The van der Waals surface area contributed by atoms with Crippen molar-refractivity contribution >= 4 is 5.91 Å². The van der Waals surface area contributed by atoms with Crippen molar-refractivity contribution in [3.63, 3.8) is 0 Å². The first-order valence-electron chi connectivity index (χ1n) is 7.06. The second-order valence-electron chi connectivity index (χ2n) is 4.74. The average molecular weight is 268 g/mol.